The molecule has 3 aromatic rings. The lowest BCUT2D eigenvalue weighted by molar-refractivity contribution is 0.0697. The van der Waals surface area contributed by atoms with Crippen molar-refractivity contribution in [3.8, 4) is 0 Å². The van der Waals surface area contributed by atoms with Gasteiger partial charge in [-0.05, 0) is 55.4 Å². The Kier molecular flexibility index (Phi) is 5.99. The molecule has 2 aliphatic rings. The summed E-state index contributed by atoms with van der Waals surface area (Å²) in [6.07, 6.45) is 1.15. The van der Waals surface area contributed by atoms with Crippen molar-refractivity contribution in [2.24, 2.45) is 5.92 Å². The standard InChI is InChI=1S/C25H25FN3O3S/c1-13-9-19(21(26)22(13)30)29-25-18(11-27-12-28-25)23(31)20-10-17(14(2)33-20)24-16-6-4-3-5-15(16)7-8-32-24/h3-6,10-13,19,21-22,24,30H,1,7-9H2,2H3,(H,27,28,29)/t13-,19-,21-,22-,24-/m1/s1. The van der Waals surface area contributed by atoms with Gasteiger partial charge in [0.25, 0.3) is 0 Å². The number of anilines is 1. The van der Waals surface area contributed by atoms with E-state index < -0.39 is 24.2 Å². The Balaban J connectivity index is 1.43. The van der Waals surface area contributed by atoms with E-state index in [0.717, 1.165) is 22.4 Å². The van der Waals surface area contributed by atoms with Crippen molar-refractivity contribution in [2.45, 2.75) is 44.2 Å². The summed E-state index contributed by atoms with van der Waals surface area (Å²) < 4.78 is 20.6. The number of alkyl halides is 1. The molecule has 6 nitrogen and oxygen atoms in total. The molecule has 0 amide bonds. The number of rotatable bonds is 5. The fraction of sp³-hybridized carbons (Fsp3) is 0.360. The molecule has 0 bridgehead atoms. The van der Waals surface area contributed by atoms with Gasteiger partial charge in [-0.25, -0.2) is 14.4 Å². The van der Waals surface area contributed by atoms with Crippen molar-refractivity contribution in [1.29, 1.82) is 0 Å². The molecule has 171 valence electrons. The number of ketones is 1. The first-order valence-corrected chi connectivity index (χ1v) is 11.8. The third kappa shape index (κ3) is 4.07. The number of aliphatic hydroxyl groups is 1. The monoisotopic (exact) mass is 466 g/mol. The minimum atomic E-state index is -1.48. The van der Waals surface area contributed by atoms with Crippen LogP contribution in [0.4, 0.5) is 10.2 Å². The van der Waals surface area contributed by atoms with Crippen molar-refractivity contribution in [3.63, 3.8) is 0 Å². The first kappa shape index (κ1) is 22.1. The molecule has 1 aromatic carbocycles. The number of nitrogens with one attached hydrogen (secondary N) is 1. The van der Waals surface area contributed by atoms with Crippen LogP contribution in [0.1, 0.15) is 49.3 Å². The number of benzene rings is 1. The number of halogens is 1. The number of nitrogens with zero attached hydrogens (tertiary/aromatic N) is 2. The molecule has 2 aromatic heterocycles. The predicted octanol–water partition coefficient (Wildman–Crippen LogP) is 4.07. The van der Waals surface area contributed by atoms with Crippen LogP contribution in [0.3, 0.4) is 0 Å². The van der Waals surface area contributed by atoms with Crippen molar-refractivity contribution in [3.05, 3.63) is 81.8 Å². The highest BCUT2D eigenvalue weighted by molar-refractivity contribution is 7.14. The van der Waals surface area contributed by atoms with Gasteiger partial charge < -0.3 is 15.2 Å². The van der Waals surface area contributed by atoms with Gasteiger partial charge in [0, 0.05) is 11.1 Å². The van der Waals surface area contributed by atoms with E-state index in [2.05, 4.69) is 34.3 Å². The Morgan fingerprint density at radius 3 is 2.94 bits per heavy atom. The lowest BCUT2D eigenvalue weighted by Gasteiger charge is -2.26. The van der Waals surface area contributed by atoms with Crippen LogP contribution in [-0.2, 0) is 11.2 Å². The molecule has 33 heavy (non-hydrogen) atoms. The number of ether oxygens (including phenoxy) is 1. The van der Waals surface area contributed by atoms with Crippen LogP contribution in [-0.4, -0.2) is 45.8 Å². The fourth-order valence-corrected chi connectivity index (χ4v) is 5.67. The molecule has 8 heteroatoms. The highest BCUT2D eigenvalue weighted by Gasteiger charge is 2.41. The first-order valence-electron chi connectivity index (χ1n) is 11.0. The first-order chi connectivity index (χ1) is 15.9. The molecule has 0 spiro atoms. The van der Waals surface area contributed by atoms with Gasteiger partial charge in [0.2, 0.25) is 5.78 Å². The second-order valence-electron chi connectivity index (χ2n) is 8.62. The van der Waals surface area contributed by atoms with Gasteiger partial charge in [-0.2, -0.15) is 0 Å². The Hall–Kier alpha value is -2.68. The van der Waals surface area contributed by atoms with Gasteiger partial charge in [0.1, 0.15) is 24.4 Å². The van der Waals surface area contributed by atoms with Crippen LogP contribution < -0.4 is 5.32 Å². The molecule has 1 saturated carbocycles. The van der Waals surface area contributed by atoms with E-state index in [1.54, 1.807) is 0 Å². The number of aliphatic hydroxyl groups excluding tert-OH is 1. The summed E-state index contributed by atoms with van der Waals surface area (Å²) >= 11 is 1.40. The van der Waals surface area contributed by atoms with Crippen LogP contribution >= 0.6 is 11.3 Å². The number of carbonyl (C=O) groups excluding carboxylic acids is 1. The topological polar surface area (TPSA) is 84.3 Å². The number of hydrogen-bond donors (Lipinski definition) is 2. The number of thiophene rings is 1. The molecule has 3 heterocycles. The van der Waals surface area contributed by atoms with Crippen LogP contribution in [0.25, 0.3) is 0 Å². The Labute approximate surface area is 195 Å². The number of carbonyl (C=O) groups is 1. The van der Waals surface area contributed by atoms with Crippen LogP contribution in [0.2, 0.25) is 0 Å². The lowest BCUT2D eigenvalue weighted by atomic mass is 9.93. The third-order valence-electron chi connectivity index (χ3n) is 6.49. The van der Waals surface area contributed by atoms with Gasteiger partial charge in [-0.3, -0.25) is 4.79 Å². The third-order valence-corrected chi connectivity index (χ3v) is 7.55. The van der Waals surface area contributed by atoms with E-state index in [4.69, 9.17) is 4.74 Å². The zero-order valence-corrected chi connectivity index (χ0v) is 19.0. The van der Waals surface area contributed by atoms with E-state index in [0.29, 0.717) is 17.9 Å². The summed E-state index contributed by atoms with van der Waals surface area (Å²) in [6.45, 7) is 6.42. The van der Waals surface area contributed by atoms with Gasteiger partial charge in [0.05, 0.1) is 29.2 Å². The predicted molar refractivity (Wildman–Crippen MR) is 124 cm³/mol. The second kappa shape index (κ2) is 8.93. The SMILES string of the molecule is [CH2][C@@H]1C[C@@H](Nc2ncncc2C(=O)c2cc([C@@H]3OCCc4ccccc43)c(C)s2)[C@@H](F)[C@@H]1O. The van der Waals surface area contributed by atoms with E-state index in [1.165, 1.54) is 29.4 Å². The highest BCUT2D eigenvalue weighted by atomic mass is 32.1. The summed E-state index contributed by atoms with van der Waals surface area (Å²) in [7, 11) is 0. The molecular formula is C25H25FN3O3S. The lowest BCUT2D eigenvalue weighted by Crippen LogP contribution is -2.32. The number of fused-ring (bicyclic) bond motifs is 1. The van der Waals surface area contributed by atoms with Crippen molar-refractivity contribution < 1.29 is 19.0 Å². The van der Waals surface area contributed by atoms with Gasteiger partial charge >= 0.3 is 0 Å². The molecule has 1 aliphatic heterocycles. The van der Waals surface area contributed by atoms with Gasteiger partial charge in [-0.1, -0.05) is 24.3 Å². The zero-order valence-electron chi connectivity index (χ0n) is 18.2. The van der Waals surface area contributed by atoms with Crippen LogP contribution in [0.5, 0.6) is 0 Å². The fourth-order valence-electron chi connectivity index (χ4n) is 4.67. The summed E-state index contributed by atoms with van der Waals surface area (Å²) in [4.78, 5) is 23.2. The molecule has 1 fully saturated rings. The quantitative estimate of drug-likeness (QED) is 0.552. The maximum absolute atomic E-state index is 14.5. The second-order valence-corrected chi connectivity index (χ2v) is 9.87. The van der Waals surface area contributed by atoms with Crippen LogP contribution in [0, 0.1) is 19.8 Å². The Bertz CT molecular complexity index is 1180. The molecular weight excluding hydrogens is 441 g/mol. The molecule has 2 N–H and O–H groups in total. The zero-order chi connectivity index (χ0) is 23.1. The smallest absolute Gasteiger partial charge is 0.208 e. The van der Waals surface area contributed by atoms with Crippen molar-refractivity contribution in [2.75, 3.05) is 11.9 Å². The van der Waals surface area contributed by atoms with E-state index in [9.17, 15) is 14.3 Å². The summed E-state index contributed by atoms with van der Waals surface area (Å²) in [5.41, 5.74) is 3.64. The summed E-state index contributed by atoms with van der Waals surface area (Å²) in [5, 5.41) is 12.9. The van der Waals surface area contributed by atoms with Crippen molar-refractivity contribution in [1.82, 2.24) is 9.97 Å². The minimum Gasteiger partial charge on any atom is -0.390 e. The number of aryl methyl sites for hydroxylation is 1. The molecule has 5 rings (SSSR count). The van der Waals surface area contributed by atoms with E-state index >= 15 is 0 Å². The van der Waals surface area contributed by atoms with E-state index in [1.807, 2.05) is 25.1 Å². The van der Waals surface area contributed by atoms with E-state index in [-0.39, 0.29) is 23.3 Å². The largest absolute Gasteiger partial charge is 0.390 e. The summed E-state index contributed by atoms with van der Waals surface area (Å²) in [6, 6.07) is 9.44. The molecule has 0 unspecified atom stereocenters. The normalized spacial score (nSPS) is 26.7. The molecule has 0 saturated heterocycles. The average molecular weight is 467 g/mol. The van der Waals surface area contributed by atoms with Crippen molar-refractivity contribution >= 4 is 22.9 Å². The highest BCUT2D eigenvalue weighted by Crippen LogP contribution is 2.38. The minimum absolute atomic E-state index is 0.210. The molecule has 1 aliphatic carbocycles. The summed E-state index contributed by atoms with van der Waals surface area (Å²) in [5.74, 6) is -0.392. The Morgan fingerprint density at radius 1 is 1.33 bits per heavy atom. The maximum atomic E-state index is 14.5. The molecule has 5 atom stereocenters. The van der Waals surface area contributed by atoms with Gasteiger partial charge in [0.15, 0.2) is 0 Å². The number of hydrogen-bond acceptors (Lipinski definition) is 7. The van der Waals surface area contributed by atoms with Gasteiger partial charge in [-0.15, -0.1) is 11.3 Å². The van der Waals surface area contributed by atoms with Crippen LogP contribution in [0.15, 0.2) is 42.9 Å². The molecule has 1 radical (unpaired) electrons. The maximum Gasteiger partial charge on any atom is 0.208 e. The Morgan fingerprint density at radius 2 is 2.15 bits per heavy atom. The number of aromatic nitrogens is 2. The average Bonchev–Trinajstić information content (AvgIpc) is 3.33.